The lowest BCUT2D eigenvalue weighted by molar-refractivity contribution is -0.158. The molecule has 0 heterocycles. The molecule has 0 radical (unpaired) electrons. The molecule has 11 atom stereocenters. The molecule has 11 unspecified atom stereocenters. The van der Waals surface area contributed by atoms with Crippen LogP contribution >= 0.6 is 70.6 Å². The van der Waals surface area contributed by atoms with Crippen molar-refractivity contribution in [3.63, 3.8) is 0 Å². The van der Waals surface area contributed by atoms with Gasteiger partial charge in [0.2, 0.25) is 0 Å². The Bertz CT molecular complexity index is 2580. The molecule has 534 valence electrons. The molecule has 2 aromatic rings. The van der Waals surface area contributed by atoms with Crippen molar-refractivity contribution >= 4 is 118 Å². The lowest BCUT2D eigenvalue weighted by Gasteiger charge is -2.32. The zero-order chi connectivity index (χ0) is 70.8. The molecule has 0 fully saturated rings. The van der Waals surface area contributed by atoms with Crippen LogP contribution in [-0.2, 0) is 71.4 Å². The lowest BCUT2D eigenvalue weighted by Crippen LogP contribution is -2.45. The lowest BCUT2D eigenvalue weighted by atomic mass is 9.92. The van der Waals surface area contributed by atoms with Crippen molar-refractivity contribution in [1.29, 1.82) is 0 Å². The van der Waals surface area contributed by atoms with Gasteiger partial charge in [0.25, 0.3) is 0 Å². The Morgan fingerprint density at radius 3 is 0.989 bits per heavy atom. The topological polar surface area (TPSA) is 361 Å². The van der Waals surface area contributed by atoms with Gasteiger partial charge in [-0.15, -0.1) is 70.6 Å². The van der Waals surface area contributed by atoms with Crippen molar-refractivity contribution in [3.8, 4) is 0 Å². The van der Waals surface area contributed by atoms with Crippen LogP contribution in [0.3, 0.4) is 0 Å². The van der Waals surface area contributed by atoms with Gasteiger partial charge in [-0.3, -0.25) is 28.8 Å². The van der Waals surface area contributed by atoms with Crippen molar-refractivity contribution in [1.82, 2.24) is 0 Å². The SMILES string of the molecule is COCC(CO)CSC(C)C(=O)OCC(CSC(C)C(=O)OCC(COC(=O)c1cc(C)c(C)c(C)c1)(COC(=O)c1cc(C)c(C)c(C)c1)COC(=O)C(C)SCC(COC(=O)C(C)SCC(CO)CO)OC(=O)C(C)SCC(O)CO)OC(=O)C(C)SCC(O)CO. The maximum absolute atomic E-state index is 14.3. The maximum atomic E-state index is 14.3. The average Bonchev–Trinajstić information content (AvgIpc) is 0.848. The minimum atomic E-state index is -1.83. The van der Waals surface area contributed by atoms with E-state index in [-0.39, 0.29) is 72.2 Å². The van der Waals surface area contributed by atoms with Crippen LogP contribution in [0.25, 0.3) is 0 Å². The Morgan fingerprint density at radius 2 is 0.670 bits per heavy atom. The summed E-state index contributed by atoms with van der Waals surface area (Å²) in [4.78, 5) is 110. The Morgan fingerprint density at radius 1 is 0.383 bits per heavy atom. The van der Waals surface area contributed by atoms with E-state index in [4.69, 9.17) is 42.6 Å². The first kappa shape index (κ1) is 86.1. The third-order valence-corrected chi connectivity index (χ3v) is 22.4. The van der Waals surface area contributed by atoms with E-state index in [0.717, 1.165) is 92.2 Å². The molecule has 0 spiro atoms. The predicted octanol–water partition coefficient (Wildman–Crippen LogP) is 4.83. The molecule has 30 heteroatoms. The number of esters is 8. The Labute approximate surface area is 577 Å². The van der Waals surface area contributed by atoms with Crippen molar-refractivity contribution in [2.75, 3.05) is 121 Å². The number of benzene rings is 2. The molecule has 0 aliphatic rings. The van der Waals surface area contributed by atoms with Crippen molar-refractivity contribution in [2.45, 2.75) is 139 Å². The van der Waals surface area contributed by atoms with E-state index in [0.29, 0.717) is 5.75 Å². The van der Waals surface area contributed by atoms with Crippen molar-refractivity contribution < 1.29 is 117 Å². The van der Waals surface area contributed by atoms with Gasteiger partial charge in [0.1, 0.15) is 57.3 Å². The highest BCUT2D eigenvalue weighted by atomic mass is 32.2. The van der Waals surface area contributed by atoms with Crippen LogP contribution in [0.15, 0.2) is 24.3 Å². The minimum Gasteiger partial charge on any atom is -0.464 e. The highest BCUT2D eigenvalue weighted by Gasteiger charge is 2.40. The van der Waals surface area contributed by atoms with Crippen LogP contribution in [-0.4, -0.2) is 260 Å². The number of rotatable bonds is 47. The summed E-state index contributed by atoms with van der Waals surface area (Å²) in [7, 11) is 1.49. The summed E-state index contributed by atoms with van der Waals surface area (Å²) in [5.74, 6) is -6.55. The summed E-state index contributed by atoms with van der Waals surface area (Å²) >= 11 is 6.31. The molecular formula is C64H98O24S6. The molecule has 0 aliphatic heterocycles. The van der Waals surface area contributed by atoms with E-state index in [1.54, 1.807) is 38.1 Å². The van der Waals surface area contributed by atoms with Crippen LogP contribution in [0.2, 0.25) is 0 Å². The second-order valence-electron chi connectivity index (χ2n) is 23.0. The molecule has 0 aromatic heterocycles. The van der Waals surface area contributed by atoms with Gasteiger partial charge < -0.3 is 78.4 Å². The number of carbonyl (C=O) groups is 8. The summed E-state index contributed by atoms with van der Waals surface area (Å²) in [6.07, 6.45) is -4.50. The molecule has 0 aliphatic carbocycles. The largest absolute Gasteiger partial charge is 0.464 e. The van der Waals surface area contributed by atoms with Crippen LogP contribution in [0, 0.1) is 58.8 Å². The Kier molecular flexibility index (Phi) is 41.7. The van der Waals surface area contributed by atoms with Crippen LogP contribution in [0.4, 0.5) is 0 Å². The summed E-state index contributed by atoms with van der Waals surface area (Å²) in [5, 5.41) is 61.9. The van der Waals surface area contributed by atoms with Gasteiger partial charge in [0.15, 0.2) is 0 Å². The van der Waals surface area contributed by atoms with Gasteiger partial charge in [-0.1, -0.05) is 0 Å². The number of hydrogen-bond donors (Lipinski definition) is 7. The molecule has 0 amide bonds. The van der Waals surface area contributed by atoms with Gasteiger partial charge in [-0.25, -0.2) is 9.59 Å². The standard InChI is InChI=1S/C64H98O24S6/c1-36-14-50(15-37(2)40(36)5)62(78)85-34-64(35-86-63(79)51-16-38(3)41(6)39(4)17-51,32-83-58(74)44(9)93-30-54(87-60(76)46(11)91-28-52(70)21-68)24-81-56(72)42(7)89-26-48(18-65)19-66)33-84-59(75)45(10)94-31-55(88-61(77)47(12)92-29-53(71)22-69)25-82-57(73)43(8)90-27-49(20-67)23-80-13/h14-17,42-49,52-55,65-71H,18-35H2,1-13H3. The van der Waals surface area contributed by atoms with E-state index in [2.05, 4.69) is 0 Å². The number of aliphatic hydroxyl groups excluding tert-OH is 7. The molecule has 0 bridgehead atoms. The smallest absolute Gasteiger partial charge is 0.338 e. The first-order valence-corrected chi connectivity index (χ1v) is 36.8. The summed E-state index contributed by atoms with van der Waals surface area (Å²) in [6, 6.07) is 6.54. The number of thioether (sulfide) groups is 6. The fourth-order valence-corrected chi connectivity index (χ4v) is 13.1. The molecule has 24 nitrogen and oxygen atoms in total. The van der Waals surface area contributed by atoms with Gasteiger partial charge in [0, 0.05) is 73.3 Å². The number of aliphatic hydroxyl groups is 7. The molecule has 2 aromatic carbocycles. The molecular weight excluding hydrogens is 1350 g/mol. The van der Waals surface area contributed by atoms with E-state index in [1.807, 2.05) is 41.5 Å². The van der Waals surface area contributed by atoms with Crippen LogP contribution < -0.4 is 0 Å². The van der Waals surface area contributed by atoms with Gasteiger partial charge >= 0.3 is 47.8 Å². The van der Waals surface area contributed by atoms with Crippen LogP contribution in [0.1, 0.15) is 95.6 Å². The van der Waals surface area contributed by atoms with Crippen molar-refractivity contribution in [2.24, 2.45) is 17.3 Å². The van der Waals surface area contributed by atoms with Crippen molar-refractivity contribution in [3.05, 3.63) is 68.8 Å². The minimum absolute atomic E-state index is 0.0000343. The fraction of sp³-hybridized carbons (Fsp3) is 0.688. The number of ether oxygens (including phenoxy) is 9. The summed E-state index contributed by atoms with van der Waals surface area (Å²) in [5.41, 5.74) is 3.55. The third-order valence-electron chi connectivity index (χ3n) is 14.7. The Balaban J connectivity index is 2.61. The second kappa shape index (κ2) is 45.5. The van der Waals surface area contributed by atoms with E-state index in [9.17, 15) is 74.1 Å². The van der Waals surface area contributed by atoms with E-state index >= 15 is 0 Å². The molecule has 7 N–H and O–H groups in total. The van der Waals surface area contributed by atoms with Gasteiger partial charge in [-0.05, 0) is 141 Å². The highest BCUT2D eigenvalue weighted by molar-refractivity contribution is 8.01. The third kappa shape index (κ3) is 31.7. The highest BCUT2D eigenvalue weighted by Crippen LogP contribution is 2.29. The molecule has 0 saturated heterocycles. The maximum Gasteiger partial charge on any atom is 0.338 e. The summed E-state index contributed by atoms with van der Waals surface area (Å²) in [6.45, 7) is 15.1. The summed E-state index contributed by atoms with van der Waals surface area (Å²) < 4.78 is 51.8. The van der Waals surface area contributed by atoms with E-state index < -0.39 is 168 Å². The fourth-order valence-electron chi connectivity index (χ4n) is 7.82. The first-order valence-electron chi connectivity index (χ1n) is 30.5. The molecule has 0 saturated carbocycles. The quantitative estimate of drug-likeness (QED) is 0.0345. The van der Waals surface area contributed by atoms with Crippen LogP contribution in [0.5, 0.6) is 0 Å². The average molecular weight is 1440 g/mol. The number of carbonyl (C=O) groups excluding carboxylic acids is 8. The van der Waals surface area contributed by atoms with E-state index in [1.165, 1.54) is 46.6 Å². The predicted molar refractivity (Wildman–Crippen MR) is 366 cm³/mol. The first-order chi connectivity index (χ1) is 44.4. The number of methoxy groups -OCH3 is 1. The zero-order valence-electron chi connectivity index (χ0n) is 56.0. The molecule has 2 rings (SSSR count). The van der Waals surface area contributed by atoms with Gasteiger partial charge in [0.05, 0.1) is 74.7 Å². The molecule has 94 heavy (non-hydrogen) atoms. The second-order valence-corrected chi connectivity index (χ2v) is 31.2. The number of hydrogen-bond acceptors (Lipinski definition) is 30. The normalized spacial score (nSPS) is 15.2. The zero-order valence-corrected chi connectivity index (χ0v) is 60.9. The Hall–Kier alpha value is -4.02. The number of aryl methyl sites for hydroxylation is 4. The monoisotopic (exact) mass is 1440 g/mol. The van der Waals surface area contributed by atoms with Gasteiger partial charge in [-0.2, -0.15) is 0 Å².